The summed E-state index contributed by atoms with van der Waals surface area (Å²) in [6, 6.07) is 15.8. The number of nitrogens with zero attached hydrogens (tertiary/aromatic N) is 2. The van der Waals surface area contributed by atoms with Gasteiger partial charge in [0.15, 0.2) is 0 Å². The number of fused-ring (bicyclic) bond motifs is 1. The van der Waals surface area contributed by atoms with Crippen molar-refractivity contribution in [1.29, 1.82) is 0 Å². The minimum absolute atomic E-state index is 0.222. The van der Waals surface area contributed by atoms with E-state index in [2.05, 4.69) is 28.5 Å². The molecule has 29 heavy (non-hydrogen) atoms. The maximum atomic E-state index is 12.3. The topological polar surface area (TPSA) is 66.5 Å². The molecule has 6 heteroatoms. The summed E-state index contributed by atoms with van der Waals surface area (Å²) in [5.41, 5.74) is 5.09. The average molecular weight is 390 g/mol. The zero-order valence-corrected chi connectivity index (χ0v) is 16.9. The summed E-state index contributed by atoms with van der Waals surface area (Å²) in [5, 5.41) is 6.85. The number of benzene rings is 2. The SMILES string of the molecule is Cc1ccc(CNC(=O)Nc2ccc3nc(N4CCOCC4)cc(C)c3c2)cc1. The number of pyridine rings is 1. The first-order valence-electron chi connectivity index (χ1n) is 9.93. The number of hydrogen-bond donors (Lipinski definition) is 2. The molecule has 1 aromatic heterocycles. The number of urea groups is 1. The van der Waals surface area contributed by atoms with Gasteiger partial charge in [0.1, 0.15) is 5.82 Å². The van der Waals surface area contributed by atoms with E-state index < -0.39 is 0 Å². The summed E-state index contributed by atoms with van der Waals surface area (Å²) in [4.78, 5) is 19.3. The Labute approximate surface area is 170 Å². The van der Waals surface area contributed by atoms with Gasteiger partial charge in [-0.3, -0.25) is 0 Å². The molecule has 2 amide bonds. The molecule has 0 unspecified atom stereocenters. The first kappa shape index (κ1) is 19.2. The summed E-state index contributed by atoms with van der Waals surface area (Å²) in [7, 11) is 0. The lowest BCUT2D eigenvalue weighted by Gasteiger charge is -2.28. The third-order valence-electron chi connectivity index (χ3n) is 5.17. The van der Waals surface area contributed by atoms with Crippen LogP contribution in [0.25, 0.3) is 10.9 Å². The molecule has 0 aliphatic carbocycles. The van der Waals surface area contributed by atoms with Gasteiger partial charge in [0, 0.05) is 30.7 Å². The van der Waals surface area contributed by atoms with Crippen molar-refractivity contribution in [2.45, 2.75) is 20.4 Å². The molecule has 0 bridgehead atoms. The number of anilines is 2. The average Bonchev–Trinajstić information content (AvgIpc) is 2.74. The van der Waals surface area contributed by atoms with Gasteiger partial charge in [-0.2, -0.15) is 0 Å². The fourth-order valence-electron chi connectivity index (χ4n) is 3.47. The zero-order chi connectivity index (χ0) is 20.2. The number of aryl methyl sites for hydroxylation is 2. The van der Waals surface area contributed by atoms with Gasteiger partial charge < -0.3 is 20.3 Å². The van der Waals surface area contributed by atoms with Crippen molar-refractivity contribution in [2.24, 2.45) is 0 Å². The zero-order valence-electron chi connectivity index (χ0n) is 16.9. The van der Waals surface area contributed by atoms with Gasteiger partial charge >= 0.3 is 6.03 Å². The number of nitrogens with one attached hydrogen (secondary N) is 2. The molecule has 2 heterocycles. The Bertz CT molecular complexity index is 1010. The van der Waals surface area contributed by atoms with Gasteiger partial charge in [0.2, 0.25) is 0 Å². The van der Waals surface area contributed by atoms with E-state index in [0.717, 1.165) is 59.8 Å². The maximum absolute atomic E-state index is 12.3. The third-order valence-corrected chi connectivity index (χ3v) is 5.17. The Morgan fingerprint density at radius 3 is 2.59 bits per heavy atom. The van der Waals surface area contributed by atoms with E-state index in [-0.39, 0.29) is 6.03 Å². The van der Waals surface area contributed by atoms with Crippen molar-refractivity contribution in [3.05, 3.63) is 65.2 Å². The molecule has 1 aliphatic heterocycles. The molecule has 0 saturated carbocycles. The molecule has 0 spiro atoms. The van der Waals surface area contributed by atoms with Crippen molar-refractivity contribution < 1.29 is 9.53 Å². The highest BCUT2D eigenvalue weighted by molar-refractivity contribution is 5.94. The summed E-state index contributed by atoms with van der Waals surface area (Å²) in [6.45, 7) is 7.80. The van der Waals surface area contributed by atoms with Gasteiger partial charge in [-0.1, -0.05) is 29.8 Å². The number of hydrogen-bond acceptors (Lipinski definition) is 4. The highest BCUT2D eigenvalue weighted by Crippen LogP contribution is 2.25. The second kappa shape index (κ2) is 8.49. The van der Waals surface area contributed by atoms with Gasteiger partial charge in [0.25, 0.3) is 0 Å². The van der Waals surface area contributed by atoms with E-state index in [1.165, 1.54) is 5.56 Å². The number of rotatable bonds is 4. The van der Waals surface area contributed by atoms with E-state index >= 15 is 0 Å². The van der Waals surface area contributed by atoms with Crippen LogP contribution in [0.3, 0.4) is 0 Å². The number of morpholine rings is 1. The predicted octanol–water partition coefficient (Wildman–Crippen LogP) is 4.01. The fraction of sp³-hybridized carbons (Fsp3) is 0.304. The van der Waals surface area contributed by atoms with Crippen LogP contribution in [0, 0.1) is 13.8 Å². The molecular weight excluding hydrogens is 364 g/mol. The molecule has 1 saturated heterocycles. The molecule has 3 aromatic rings. The Hall–Kier alpha value is -3.12. The van der Waals surface area contributed by atoms with Crippen LogP contribution in [0.15, 0.2) is 48.5 Å². The normalized spacial score (nSPS) is 14.1. The van der Waals surface area contributed by atoms with Gasteiger partial charge in [-0.15, -0.1) is 0 Å². The second-order valence-electron chi connectivity index (χ2n) is 7.42. The second-order valence-corrected chi connectivity index (χ2v) is 7.42. The van der Waals surface area contributed by atoms with Crippen LogP contribution in [-0.4, -0.2) is 37.3 Å². The van der Waals surface area contributed by atoms with Gasteiger partial charge in [0.05, 0.1) is 18.7 Å². The minimum Gasteiger partial charge on any atom is -0.378 e. The molecule has 0 radical (unpaired) electrons. The lowest BCUT2D eigenvalue weighted by atomic mass is 10.1. The summed E-state index contributed by atoms with van der Waals surface area (Å²) >= 11 is 0. The largest absolute Gasteiger partial charge is 0.378 e. The van der Waals surface area contributed by atoms with E-state index in [4.69, 9.17) is 9.72 Å². The fourth-order valence-corrected chi connectivity index (χ4v) is 3.47. The number of ether oxygens (including phenoxy) is 1. The van der Waals surface area contributed by atoms with Crippen LogP contribution in [0.4, 0.5) is 16.3 Å². The van der Waals surface area contributed by atoms with Crippen LogP contribution < -0.4 is 15.5 Å². The minimum atomic E-state index is -0.222. The molecule has 2 N–H and O–H groups in total. The Kier molecular flexibility index (Phi) is 5.62. The Morgan fingerprint density at radius 1 is 1.07 bits per heavy atom. The summed E-state index contributed by atoms with van der Waals surface area (Å²) in [5.74, 6) is 0.981. The molecule has 0 atom stereocenters. The number of aromatic nitrogens is 1. The van der Waals surface area contributed by atoms with E-state index in [1.807, 2.05) is 49.4 Å². The standard InChI is InChI=1S/C23H26N4O2/c1-16-3-5-18(6-4-16)15-24-23(28)25-19-7-8-21-20(14-19)17(2)13-22(26-21)27-9-11-29-12-10-27/h3-8,13-14H,9-12,15H2,1-2H3,(H2,24,25,28). The maximum Gasteiger partial charge on any atom is 0.319 e. The number of amides is 2. The van der Waals surface area contributed by atoms with Gasteiger partial charge in [-0.25, -0.2) is 9.78 Å². The molecule has 150 valence electrons. The predicted molar refractivity (Wildman–Crippen MR) is 117 cm³/mol. The van der Waals surface area contributed by atoms with Crippen LogP contribution >= 0.6 is 0 Å². The monoisotopic (exact) mass is 390 g/mol. The molecule has 4 rings (SSSR count). The van der Waals surface area contributed by atoms with Crippen molar-refractivity contribution in [2.75, 3.05) is 36.5 Å². The van der Waals surface area contributed by atoms with Gasteiger partial charge in [-0.05, 0) is 49.2 Å². The number of carbonyl (C=O) groups excluding carboxylic acids is 1. The lowest BCUT2D eigenvalue weighted by molar-refractivity contribution is 0.122. The lowest BCUT2D eigenvalue weighted by Crippen LogP contribution is -2.36. The van der Waals surface area contributed by atoms with Crippen molar-refractivity contribution in [3.8, 4) is 0 Å². The molecule has 1 aliphatic rings. The van der Waals surface area contributed by atoms with Crippen molar-refractivity contribution in [1.82, 2.24) is 10.3 Å². The van der Waals surface area contributed by atoms with Crippen LogP contribution in [-0.2, 0) is 11.3 Å². The van der Waals surface area contributed by atoms with E-state index in [0.29, 0.717) is 6.54 Å². The van der Waals surface area contributed by atoms with Crippen molar-refractivity contribution >= 4 is 28.4 Å². The summed E-state index contributed by atoms with van der Waals surface area (Å²) < 4.78 is 5.43. The third kappa shape index (κ3) is 4.66. The van der Waals surface area contributed by atoms with Crippen LogP contribution in [0.2, 0.25) is 0 Å². The highest BCUT2D eigenvalue weighted by atomic mass is 16.5. The van der Waals surface area contributed by atoms with E-state index in [9.17, 15) is 4.79 Å². The molecule has 2 aromatic carbocycles. The quantitative estimate of drug-likeness (QED) is 0.706. The Morgan fingerprint density at radius 2 is 1.83 bits per heavy atom. The smallest absolute Gasteiger partial charge is 0.319 e. The molecule has 1 fully saturated rings. The first-order chi connectivity index (χ1) is 14.1. The number of carbonyl (C=O) groups is 1. The Balaban J connectivity index is 1.44. The van der Waals surface area contributed by atoms with Crippen molar-refractivity contribution in [3.63, 3.8) is 0 Å². The highest BCUT2D eigenvalue weighted by Gasteiger charge is 2.14. The summed E-state index contributed by atoms with van der Waals surface area (Å²) in [6.07, 6.45) is 0. The van der Waals surface area contributed by atoms with Crippen LogP contribution in [0.5, 0.6) is 0 Å². The molecule has 6 nitrogen and oxygen atoms in total. The van der Waals surface area contributed by atoms with E-state index in [1.54, 1.807) is 0 Å². The first-order valence-corrected chi connectivity index (χ1v) is 9.93. The molecular formula is C23H26N4O2. The van der Waals surface area contributed by atoms with Crippen LogP contribution in [0.1, 0.15) is 16.7 Å².